The monoisotopic (exact) mass is 221 g/mol. The van der Waals surface area contributed by atoms with Crippen LogP contribution < -0.4 is 0 Å². The van der Waals surface area contributed by atoms with E-state index in [4.69, 9.17) is 11.2 Å². The lowest BCUT2D eigenvalue weighted by Gasteiger charge is -2.25. The summed E-state index contributed by atoms with van der Waals surface area (Å²) in [6, 6.07) is 0. The quantitative estimate of drug-likeness (QED) is 0.535. The van der Waals surface area contributed by atoms with Gasteiger partial charge in [-0.3, -0.25) is 0 Å². The van der Waals surface area contributed by atoms with Gasteiger partial charge in [-0.15, -0.1) is 11.3 Å². The summed E-state index contributed by atoms with van der Waals surface area (Å²) in [5.41, 5.74) is -0.630. The molecule has 16 heavy (non-hydrogen) atoms. The van der Waals surface area contributed by atoms with Crippen molar-refractivity contribution < 1.29 is 4.74 Å². The average molecular weight is 221 g/mol. The molecule has 0 aromatic rings. The highest BCUT2D eigenvalue weighted by atomic mass is 16.5. The van der Waals surface area contributed by atoms with E-state index in [0.29, 0.717) is 5.82 Å². The van der Waals surface area contributed by atoms with Crippen LogP contribution in [-0.4, -0.2) is 29.2 Å². The van der Waals surface area contributed by atoms with E-state index >= 15 is 0 Å². The lowest BCUT2D eigenvalue weighted by molar-refractivity contribution is -0.0183. The van der Waals surface area contributed by atoms with Gasteiger partial charge in [0.05, 0.1) is 0 Å². The SMILES string of the molecule is C#CC(C)(C)OCN1C=CN(C)/C1=C/N=O. The van der Waals surface area contributed by atoms with Gasteiger partial charge in [-0.05, 0) is 19.0 Å². The molecule has 1 heterocycles. The summed E-state index contributed by atoms with van der Waals surface area (Å²) in [5, 5.41) is 2.75. The molecule has 0 radical (unpaired) electrons. The van der Waals surface area contributed by atoms with Crippen LogP contribution >= 0.6 is 0 Å². The molecule has 5 heteroatoms. The Hall–Kier alpha value is -1.80. The van der Waals surface area contributed by atoms with Crippen molar-refractivity contribution in [1.29, 1.82) is 0 Å². The normalized spacial score (nSPS) is 18.0. The fourth-order valence-electron chi connectivity index (χ4n) is 1.13. The molecule has 5 nitrogen and oxygen atoms in total. The van der Waals surface area contributed by atoms with Crippen LogP contribution in [0, 0.1) is 17.3 Å². The standard InChI is InChI=1S/C11H15N3O2/c1-5-11(2,3)16-9-14-7-6-13(4)10(14)8-12-15/h1,6-8H,9H2,2-4H3/b10-8-. The highest BCUT2D eigenvalue weighted by Crippen LogP contribution is 2.19. The number of rotatable bonds is 4. The van der Waals surface area contributed by atoms with E-state index in [0.717, 1.165) is 0 Å². The van der Waals surface area contributed by atoms with Gasteiger partial charge in [0, 0.05) is 19.4 Å². The zero-order valence-corrected chi connectivity index (χ0v) is 9.67. The van der Waals surface area contributed by atoms with Crippen LogP contribution in [-0.2, 0) is 4.74 Å². The largest absolute Gasteiger partial charge is 0.342 e. The van der Waals surface area contributed by atoms with E-state index < -0.39 is 5.60 Å². The van der Waals surface area contributed by atoms with Crippen LogP contribution in [0.3, 0.4) is 0 Å². The van der Waals surface area contributed by atoms with Gasteiger partial charge in [0.2, 0.25) is 0 Å². The zero-order chi connectivity index (χ0) is 12.2. The molecule has 1 aliphatic rings. The van der Waals surface area contributed by atoms with E-state index in [1.807, 2.05) is 13.2 Å². The first-order valence-corrected chi connectivity index (χ1v) is 4.82. The molecule has 0 aromatic carbocycles. The Labute approximate surface area is 95.3 Å². The maximum absolute atomic E-state index is 10.2. The Kier molecular flexibility index (Phi) is 3.69. The third-order valence-electron chi connectivity index (χ3n) is 2.21. The molecule has 0 bridgehead atoms. The van der Waals surface area contributed by atoms with E-state index in [-0.39, 0.29) is 6.73 Å². The topological polar surface area (TPSA) is 45.1 Å². The zero-order valence-electron chi connectivity index (χ0n) is 9.67. The molecule has 0 N–H and O–H groups in total. The van der Waals surface area contributed by atoms with Gasteiger partial charge in [0.1, 0.15) is 24.4 Å². The van der Waals surface area contributed by atoms with Gasteiger partial charge in [0.25, 0.3) is 0 Å². The van der Waals surface area contributed by atoms with Gasteiger partial charge in [0.15, 0.2) is 0 Å². The Morgan fingerprint density at radius 1 is 1.62 bits per heavy atom. The summed E-state index contributed by atoms with van der Waals surface area (Å²) >= 11 is 0. The van der Waals surface area contributed by atoms with Crippen LogP contribution in [0.5, 0.6) is 0 Å². The average Bonchev–Trinajstić information content (AvgIpc) is 2.59. The Bertz CT molecular complexity index is 366. The van der Waals surface area contributed by atoms with Crippen molar-refractivity contribution in [3.63, 3.8) is 0 Å². The minimum absolute atomic E-state index is 0.277. The molecule has 0 aromatic heterocycles. The molecule has 0 amide bonds. The fourth-order valence-corrected chi connectivity index (χ4v) is 1.13. The summed E-state index contributed by atoms with van der Waals surface area (Å²) in [7, 11) is 1.82. The van der Waals surface area contributed by atoms with Gasteiger partial charge >= 0.3 is 0 Å². The molecule has 0 fully saturated rings. The number of nitrogens with zero attached hydrogens (tertiary/aromatic N) is 3. The van der Waals surface area contributed by atoms with Crippen LogP contribution in [0.25, 0.3) is 0 Å². The van der Waals surface area contributed by atoms with Crippen LogP contribution in [0.1, 0.15) is 13.8 Å². The second-order valence-electron chi connectivity index (χ2n) is 3.90. The lowest BCUT2D eigenvalue weighted by Crippen LogP contribution is -2.30. The molecule has 0 unspecified atom stereocenters. The molecule has 1 rings (SSSR count). The maximum Gasteiger partial charge on any atom is 0.136 e. The highest BCUT2D eigenvalue weighted by molar-refractivity contribution is 5.12. The van der Waals surface area contributed by atoms with Crippen LogP contribution in [0.15, 0.2) is 29.6 Å². The number of terminal acetylenes is 1. The predicted octanol–water partition coefficient (Wildman–Crippen LogP) is 1.66. The van der Waals surface area contributed by atoms with Gasteiger partial charge in [-0.2, -0.15) is 0 Å². The van der Waals surface area contributed by atoms with Crippen LogP contribution in [0.4, 0.5) is 0 Å². The van der Waals surface area contributed by atoms with Crippen molar-refractivity contribution >= 4 is 0 Å². The molecule has 86 valence electrons. The minimum Gasteiger partial charge on any atom is -0.342 e. The summed E-state index contributed by atoms with van der Waals surface area (Å²) in [6.45, 7) is 3.88. The summed E-state index contributed by atoms with van der Waals surface area (Å²) in [6.07, 6.45) is 10.1. The molecule has 1 aliphatic heterocycles. The summed E-state index contributed by atoms with van der Waals surface area (Å²) < 4.78 is 5.51. The summed E-state index contributed by atoms with van der Waals surface area (Å²) in [5.74, 6) is 3.19. The minimum atomic E-state index is -0.630. The molecule has 0 aliphatic carbocycles. The van der Waals surface area contributed by atoms with Gasteiger partial charge in [-0.25, -0.2) is 0 Å². The van der Waals surface area contributed by atoms with E-state index in [2.05, 4.69) is 11.1 Å². The Morgan fingerprint density at radius 3 is 2.88 bits per heavy atom. The van der Waals surface area contributed by atoms with Gasteiger partial charge < -0.3 is 14.5 Å². The molecule has 0 saturated heterocycles. The predicted molar refractivity (Wildman–Crippen MR) is 61.5 cm³/mol. The first-order valence-electron chi connectivity index (χ1n) is 4.82. The van der Waals surface area contributed by atoms with Gasteiger partial charge in [-0.1, -0.05) is 5.92 Å². The van der Waals surface area contributed by atoms with Crippen molar-refractivity contribution in [2.24, 2.45) is 5.18 Å². The van der Waals surface area contributed by atoms with Crippen molar-refractivity contribution in [3.05, 3.63) is 29.3 Å². The van der Waals surface area contributed by atoms with Crippen molar-refractivity contribution in [1.82, 2.24) is 9.80 Å². The first kappa shape index (κ1) is 12.3. The molecular formula is C11H15N3O2. The molecule has 0 saturated carbocycles. The Morgan fingerprint density at radius 2 is 2.31 bits per heavy atom. The summed E-state index contributed by atoms with van der Waals surface area (Å²) in [4.78, 5) is 13.8. The number of hydrogen-bond acceptors (Lipinski definition) is 5. The lowest BCUT2D eigenvalue weighted by atomic mass is 10.2. The maximum atomic E-state index is 10.2. The van der Waals surface area contributed by atoms with Crippen LogP contribution in [0.2, 0.25) is 0 Å². The highest BCUT2D eigenvalue weighted by Gasteiger charge is 2.20. The molecular weight excluding hydrogens is 206 g/mol. The second-order valence-corrected chi connectivity index (χ2v) is 3.90. The van der Waals surface area contributed by atoms with Crippen molar-refractivity contribution in [2.45, 2.75) is 19.4 Å². The Balaban J connectivity index is 2.62. The smallest absolute Gasteiger partial charge is 0.136 e. The van der Waals surface area contributed by atoms with Crippen molar-refractivity contribution in [2.75, 3.05) is 13.8 Å². The fraction of sp³-hybridized carbons (Fsp3) is 0.455. The molecule has 0 spiro atoms. The first-order chi connectivity index (χ1) is 7.50. The number of nitroso groups, excluding NO2 is 1. The van der Waals surface area contributed by atoms with E-state index in [1.165, 1.54) is 6.20 Å². The van der Waals surface area contributed by atoms with E-state index in [9.17, 15) is 4.91 Å². The van der Waals surface area contributed by atoms with E-state index in [1.54, 1.807) is 29.8 Å². The van der Waals surface area contributed by atoms with Crippen molar-refractivity contribution in [3.8, 4) is 12.3 Å². The second kappa shape index (κ2) is 4.81. The number of ether oxygens (including phenoxy) is 1. The third kappa shape index (κ3) is 2.84. The molecule has 0 atom stereocenters. The third-order valence-corrected chi connectivity index (χ3v) is 2.21. The number of hydrogen-bond donors (Lipinski definition) is 0.